The summed E-state index contributed by atoms with van der Waals surface area (Å²) in [7, 11) is 0. The summed E-state index contributed by atoms with van der Waals surface area (Å²) in [5, 5.41) is 22.9. The number of rotatable bonds is 43. The van der Waals surface area contributed by atoms with E-state index >= 15 is 0 Å². The van der Waals surface area contributed by atoms with Crippen LogP contribution in [-0.2, 0) is 14.3 Å². The lowest BCUT2D eigenvalue weighted by atomic mass is 10.0. The van der Waals surface area contributed by atoms with Crippen LogP contribution >= 0.6 is 0 Å². The van der Waals surface area contributed by atoms with Crippen molar-refractivity contribution in [2.75, 3.05) is 13.2 Å². The molecule has 54 heavy (non-hydrogen) atoms. The van der Waals surface area contributed by atoms with Gasteiger partial charge in [-0.25, -0.2) is 0 Å². The highest BCUT2D eigenvalue weighted by molar-refractivity contribution is 5.76. The molecule has 2 atom stereocenters. The van der Waals surface area contributed by atoms with Crippen molar-refractivity contribution < 1.29 is 24.5 Å². The van der Waals surface area contributed by atoms with Crippen LogP contribution in [0.1, 0.15) is 245 Å². The average molecular weight is 762 g/mol. The molecule has 1 amide bonds. The number of hydrogen-bond donors (Lipinski definition) is 3. The molecule has 0 bridgehead atoms. The topological polar surface area (TPSA) is 95.9 Å². The van der Waals surface area contributed by atoms with E-state index in [2.05, 4.69) is 31.3 Å². The van der Waals surface area contributed by atoms with Gasteiger partial charge in [0.05, 0.1) is 25.4 Å². The van der Waals surface area contributed by atoms with Crippen LogP contribution in [0.2, 0.25) is 0 Å². The molecular weight excluding hydrogens is 671 g/mol. The maximum Gasteiger partial charge on any atom is 0.305 e. The lowest BCUT2D eigenvalue weighted by molar-refractivity contribution is -0.143. The van der Waals surface area contributed by atoms with Gasteiger partial charge in [0.15, 0.2) is 0 Å². The van der Waals surface area contributed by atoms with Gasteiger partial charge in [-0.2, -0.15) is 0 Å². The van der Waals surface area contributed by atoms with Crippen LogP contribution in [0.5, 0.6) is 0 Å². The van der Waals surface area contributed by atoms with Crippen molar-refractivity contribution in [2.24, 2.45) is 0 Å². The fraction of sp³-hybridized carbons (Fsp3) is 0.875. The molecular formula is C48H91NO5. The number of nitrogens with one attached hydrogen (secondary N) is 1. The lowest BCUT2D eigenvalue weighted by Crippen LogP contribution is -2.45. The van der Waals surface area contributed by atoms with Crippen LogP contribution in [0.15, 0.2) is 24.3 Å². The second-order valence-electron chi connectivity index (χ2n) is 16.1. The second kappa shape index (κ2) is 44.1. The molecule has 0 aromatic heterocycles. The third kappa shape index (κ3) is 40.0. The van der Waals surface area contributed by atoms with Crippen LogP contribution in [0.4, 0.5) is 0 Å². The Hall–Kier alpha value is -1.66. The number of amides is 1. The van der Waals surface area contributed by atoms with E-state index in [-0.39, 0.29) is 18.5 Å². The van der Waals surface area contributed by atoms with E-state index in [0.29, 0.717) is 19.4 Å². The molecule has 0 radical (unpaired) electrons. The molecule has 0 aromatic carbocycles. The van der Waals surface area contributed by atoms with Crippen molar-refractivity contribution in [2.45, 2.75) is 257 Å². The molecule has 0 fully saturated rings. The minimum atomic E-state index is -0.863. The molecule has 0 heterocycles. The maximum absolute atomic E-state index is 12.3. The number of hydrogen-bond acceptors (Lipinski definition) is 5. The summed E-state index contributed by atoms with van der Waals surface area (Å²) in [4.78, 5) is 24.4. The second-order valence-corrected chi connectivity index (χ2v) is 16.1. The van der Waals surface area contributed by atoms with E-state index in [1.165, 1.54) is 141 Å². The number of aliphatic hydroxyl groups is 2. The van der Waals surface area contributed by atoms with Gasteiger partial charge >= 0.3 is 5.97 Å². The van der Waals surface area contributed by atoms with Gasteiger partial charge in [0.25, 0.3) is 0 Å². The fourth-order valence-corrected chi connectivity index (χ4v) is 7.04. The summed E-state index contributed by atoms with van der Waals surface area (Å²) < 4.78 is 5.43. The molecule has 2 unspecified atom stereocenters. The molecule has 0 spiro atoms. The Labute approximate surface area is 335 Å². The zero-order valence-electron chi connectivity index (χ0n) is 36.0. The summed E-state index contributed by atoms with van der Waals surface area (Å²) >= 11 is 0. The Balaban J connectivity index is 3.52. The zero-order chi connectivity index (χ0) is 39.4. The molecule has 318 valence electrons. The van der Waals surface area contributed by atoms with Crippen molar-refractivity contribution in [3.8, 4) is 0 Å². The number of aliphatic hydroxyl groups excluding tert-OH is 2. The van der Waals surface area contributed by atoms with Crippen molar-refractivity contribution in [3.63, 3.8) is 0 Å². The summed E-state index contributed by atoms with van der Waals surface area (Å²) in [6, 6.07) is -0.650. The number of allylic oxidation sites excluding steroid dienone is 3. The Morgan fingerprint density at radius 1 is 0.500 bits per heavy atom. The lowest BCUT2D eigenvalue weighted by Gasteiger charge is -2.20. The molecule has 6 heteroatoms. The predicted octanol–water partition coefficient (Wildman–Crippen LogP) is 13.6. The van der Waals surface area contributed by atoms with Crippen molar-refractivity contribution in [1.29, 1.82) is 0 Å². The quantitative estimate of drug-likeness (QED) is 0.0327. The number of carbonyl (C=O) groups is 2. The van der Waals surface area contributed by atoms with Gasteiger partial charge in [0.1, 0.15) is 0 Å². The highest BCUT2D eigenvalue weighted by atomic mass is 16.5. The highest BCUT2D eigenvalue weighted by Gasteiger charge is 2.18. The molecule has 3 N–H and O–H groups in total. The largest absolute Gasteiger partial charge is 0.466 e. The Bertz CT molecular complexity index is 843. The molecule has 0 saturated heterocycles. The van der Waals surface area contributed by atoms with E-state index in [9.17, 15) is 19.8 Å². The van der Waals surface area contributed by atoms with E-state index in [1.807, 2.05) is 6.08 Å². The number of esters is 1. The number of ether oxygens (including phenoxy) is 1. The summed E-state index contributed by atoms with van der Waals surface area (Å²) in [6.07, 6.45) is 50.3. The Kier molecular flexibility index (Phi) is 42.7. The molecule has 0 aliphatic carbocycles. The number of carbonyl (C=O) groups excluding carboxylic acids is 2. The summed E-state index contributed by atoms with van der Waals surface area (Å²) in [5.41, 5.74) is 0. The first kappa shape index (κ1) is 52.3. The van der Waals surface area contributed by atoms with Crippen molar-refractivity contribution in [3.05, 3.63) is 24.3 Å². The third-order valence-electron chi connectivity index (χ3n) is 10.7. The monoisotopic (exact) mass is 762 g/mol. The SMILES string of the molecule is CCCCCCCCCC/C=C/C(O)C(CO)NC(=O)CCCCCC/C=C\CCCCOC(=O)CCCCCCCCCCCCCCCCCCC. The fourth-order valence-electron chi connectivity index (χ4n) is 7.04. The Morgan fingerprint density at radius 3 is 1.31 bits per heavy atom. The summed E-state index contributed by atoms with van der Waals surface area (Å²) in [6.45, 7) is 4.79. The minimum Gasteiger partial charge on any atom is -0.466 e. The Morgan fingerprint density at radius 2 is 0.870 bits per heavy atom. The third-order valence-corrected chi connectivity index (χ3v) is 10.7. The van der Waals surface area contributed by atoms with Crippen molar-refractivity contribution in [1.82, 2.24) is 5.32 Å². The highest BCUT2D eigenvalue weighted by Crippen LogP contribution is 2.15. The van der Waals surface area contributed by atoms with E-state index in [1.54, 1.807) is 6.08 Å². The van der Waals surface area contributed by atoms with Crippen LogP contribution in [0.25, 0.3) is 0 Å². The van der Waals surface area contributed by atoms with Gasteiger partial charge in [0, 0.05) is 12.8 Å². The van der Waals surface area contributed by atoms with E-state index in [0.717, 1.165) is 77.0 Å². The maximum atomic E-state index is 12.3. The van der Waals surface area contributed by atoms with Gasteiger partial charge in [-0.05, 0) is 57.8 Å². The van der Waals surface area contributed by atoms with Crippen molar-refractivity contribution >= 4 is 11.9 Å². The van der Waals surface area contributed by atoms with Gasteiger partial charge in [-0.15, -0.1) is 0 Å². The van der Waals surface area contributed by atoms with E-state index < -0.39 is 12.1 Å². The smallest absolute Gasteiger partial charge is 0.305 e. The molecule has 0 aliphatic rings. The van der Waals surface area contributed by atoms with Gasteiger partial charge in [0.2, 0.25) is 5.91 Å². The predicted molar refractivity (Wildman–Crippen MR) is 232 cm³/mol. The standard InChI is InChI=1S/C48H91NO5/c1-3-5-7-9-11-13-15-16-17-18-19-20-21-26-30-34-38-42-48(53)54-43-39-35-31-27-23-22-25-29-33-37-41-47(52)49-45(44-50)46(51)40-36-32-28-24-14-12-10-8-6-4-2/h23,27,36,40,45-46,50-51H,3-22,24-26,28-35,37-39,41-44H2,1-2H3,(H,49,52)/b27-23-,40-36+. The summed E-state index contributed by atoms with van der Waals surface area (Å²) in [5.74, 6) is -0.142. The average Bonchev–Trinajstić information content (AvgIpc) is 3.17. The molecule has 0 rings (SSSR count). The van der Waals surface area contributed by atoms with Gasteiger partial charge < -0.3 is 20.3 Å². The normalized spacial score (nSPS) is 12.9. The van der Waals surface area contributed by atoms with Gasteiger partial charge in [-0.3, -0.25) is 9.59 Å². The molecule has 0 aromatic rings. The molecule has 0 saturated carbocycles. The number of unbranched alkanes of at least 4 members (excludes halogenated alkanes) is 30. The molecule has 0 aliphatic heterocycles. The van der Waals surface area contributed by atoms with Gasteiger partial charge in [-0.1, -0.05) is 199 Å². The first-order valence-corrected chi connectivity index (χ1v) is 23.6. The zero-order valence-corrected chi connectivity index (χ0v) is 36.0. The first-order chi connectivity index (χ1) is 26.5. The van der Waals surface area contributed by atoms with E-state index in [4.69, 9.17) is 4.74 Å². The molecule has 6 nitrogen and oxygen atoms in total. The first-order valence-electron chi connectivity index (χ1n) is 23.6. The minimum absolute atomic E-state index is 0.0356. The van der Waals surface area contributed by atoms with Crippen LogP contribution in [-0.4, -0.2) is 47.4 Å². The van der Waals surface area contributed by atoms with Crippen LogP contribution in [0.3, 0.4) is 0 Å². The van der Waals surface area contributed by atoms with Crippen LogP contribution < -0.4 is 5.32 Å². The van der Waals surface area contributed by atoms with Crippen LogP contribution in [0, 0.1) is 0 Å².